The monoisotopic (exact) mass is 184 g/mol. The van der Waals surface area contributed by atoms with E-state index < -0.39 is 0 Å². The predicted molar refractivity (Wildman–Crippen MR) is 53.6 cm³/mol. The molecule has 1 saturated heterocycles. The number of likely N-dealkylation sites (tertiary alicyclic amines) is 1. The van der Waals surface area contributed by atoms with E-state index in [4.69, 9.17) is 0 Å². The van der Waals surface area contributed by atoms with Gasteiger partial charge in [-0.05, 0) is 25.7 Å². The van der Waals surface area contributed by atoms with Crippen LogP contribution in [-0.4, -0.2) is 30.1 Å². The number of nitrogens with zero attached hydrogens (tertiary/aromatic N) is 1. The molecule has 0 radical (unpaired) electrons. The molecule has 1 aliphatic heterocycles. The highest BCUT2D eigenvalue weighted by Gasteiger charge is 2.19. The van der Waals surface area contributed by atoms with Crippen molar-refractivity contribution in [2.24, 2.45) is 5.92 Å². The Kier molecular flexibility index (Phi) is 3.58. The average molecular weight is 184 g/mol. The third kappa shape index (κ3) is 2.90. The first-order valence-electron chi connectivity index (χ1n) is 5.16. The van der Waals surface area contributed by atoms with Crippen molar-refractivity contribution in [3.63, 3.8) is 0 Å². The van der Waals surface area contributed by atoms with E-state index in [1.807, 2.05) is 4.90 Å². The minimum Gasteiger partial charge on any atom is -0.335 e. The third-order valence-corrected chi connectivity index (χ3v) is 2.74. The molecule has 3 nitrogen and oxygen atoms in total. The molecule has 76 valence electrons. The van der Waals surface area contributed by atoms with Gasteiger partial charge in [-0.1, -0.05) is 13.8 Å². The molecule has 3 heteroatoms. The molecule has 0 aromatic carbocycles. The Labute approximate surface area is 80.5 Å². The van der Waals surface area contributed by atoms with Crippen LogP contribution in [0.1, 0.15) is 33.6 Å². The average Bonchev–Trinajstić information content (AvgIpc) is 2.55. The first-order valence-corrected chi connectivity index (χ1v) is 5.16. The van der Waals surface area contributed by atoms with E-state index in [1.54, 1.807) is 0 Å². The summed E-state index contributed by atoms with van der Waals surface area (Å²) in [5.74, 6) is 0.506. The fraction of sp³-hybridized carbons (Fsp3) is 0.900. The second-order valence-electron chi connectivity index (χ2n) is 4.18. The smallest absolute Gasteiger partial charge is 0.317 e. The van der Waals surface area contributed by atoms with Gasteiger partial charge in [0.05, 0.1) is 0 Å². The van der Waals surface area contributed by atoms with Crippen LogP contribution in [0.25, 0.3) is 0 Å². The van der Waals surface area contributed by atoms with Gasteiger partial charge in [0.25, 0.3) is 0 Å². The van der Waals surface area contributed by atoms with E-state index in [1.165, 1.54) is 0 Å². The lowest BCUT2D eigenvalue weighted by atomic mass is 10.1. The second kappa shape index (κ2) is 4.49. The number of urea groups is 1. The minimum absolute atomic E-state index is 0.110. The maximum absolute atomic E-state index is 11.6. The van der Waals surface area contributed by atoms with Gasteiger partial charge >= 0.3 is 6.03 Å². The summed E-state index contributed by atoms with van der Waals surface area (Å²) in [5.41, 5.74) is 0. The highest BCUT2D eigenvalue weighted by molar-refractivity contribution is 5.74. The number of amides is 2. The molecule has 0 spiro atoms. The van der Waals surface area contributed by atoms with Crippen LogP contribution in [0.15, 0.2) is 0 Å². The van der Waals surface area contributed by atoms with Crippen molar-refractivity contribution in [3.05, 3.63) is 0 Å². The molecule has 2 amide bonds. The Morgan fingerprint density at radius 2 is 1.77 bits per heavy atom. The van der Waals surface area contributed by atoms with Crippen LogP contribution in [0.5, 0.6) is 0 Å². The Bertz CT molecular complexity index is 174. The van der Waals surface area contributed by atoms with Gasteiger partial charge in [-0.25, -0.2) is 4.79 Å². The number of carbonyl (C=O) groups is 1. The van der Waals surface area contributed by atoms with Crippen LogP contribution in [0, 0.1) is 5.92 Å². The van der Waals surface area contributed by atoms with E-state index in [-0.39, 0.29) is 12.1 Å². The molecule has 1 unspecified atom stereocenters. The van der Waals surface area contributed by atoms with Crippen molar-refractivity contribution >= 4 is 6.03 Å². The molecule has 0 aliphatic carbocycles. The van der Waals surface area contributed by atoms with Gasteiger partial charge < -0.3 is 10.2 Å². The van der Waals surface area contributed by atoms with Crippen molar-refractivity contribution in [2.45, 2.75) is 39.7 Å². The van der Waals surface area contributed by atoms with E-state index >= 15 is 0 Å². The minimum atomic E-state index is 0.110. The van der Waals surface area contributed by atoms with Crippen LogP contribution in [0.2, 0.25) is 0 Å². The summed E-state index contributed by atoms with van der Waals surface area (Å²) in [7, 11) is 0. The summed E-state index contributed by atoms with van der Waals surface area (Å²) >= 11 is 0. The number of hydrogen-bond acceptors (Lipinski definition) is 1. The number of hydrogen-bond donors (Lipinski definition) is 1. The van der Waals surface area contributed by atoms with Gasteiger partial charge in [0, 0.05) is 19.1 Å². The van der Waals surface area contributed by atoms with Crippen LogP contribution >= 0.6 is 0 Å². The molecule has 0 aromatic heterocycles. The van der Waals surface area contributed by atoms with Gasteiger partial charge in [0.2, 0.25) is 0 Å². The van der Waals surface area contributed by atoms with E-state index in [0.717, 1.165) is 25.9 Å². The van der Waals surface area contributed by atoms with Gasteiger partial charge in [-0.15, -0.1) is 0 Å². The molecule has 1 rings (SSSR count). The fourth-order valence-electron chi connectivity index (χ4n) is 1.37. The van der Waals surface area contributed by atoms with Crippen molar-refractivity contribution < 1.29 is 4.79 Å². The second-order valence-corrected chi connectivity index (χ2v) is 4.18. The summed E-state index contributed by atoms with van der Waals surface area (Å²) in [4.78, 5) is 13.5. The first-order chi connectivity index (χ1) is 6.11. The summed E-state index contributed by atoms with van der Waals surface area (Å²) in [6, 6.07) is 0.381. The first kappa shape index (κ1) is 10.4. The molecule has 13 heavy (non-hydrogen) atoms. The number of rotatable bonds is 2. The Hall–Kier alpha value is -0.730. The molecule has 1 atom stereocenters. The molecule has 1 fully saturated rings. The molecule has 0 saturated carbocycles. The van der Waals surface area contributed by atoms with Crippen molar-refractivity contribution in [1.82, 2.24) is 10.2 Å². The quantitative estimate of drug-likeness (QED) is 0.697. The molecule has 0 aromatic rings. The van der Waals surface area contributed by atoms with Crippen molar-refractivity contribution in [1.29, 1.82) is 0 Å². The normalized spacial score (nSPS) is 19.2. The topological polar surface area (TPSA) is 32.3 Å². The van der Waals surface area contributed by atoms with Crippen LogP contribution in [0.3, 0.4) is 0 Å². The van der Waals surface area contributed by atoms with Crippen molar-refractivity contribution in [2.75, 3.05) is 13.1 Å². The third-order valence-electron chi connectivity index (χ3n) is 2.74. The Balaban J connectivity index is 2.31. The summed E-state index contributed by atoms with van der Waals surface area (Å²) < 4.78 is 0. The summed E-state index contributed by atoms with van der Waals surface area (Å²) in [6.07, 6.45) is 2.31. The maximum atomic E-state index is 11.6. The van der Waals surface area contributed by atoms with Crippen LogP contribution in [-0.2, 0) is 0 Å². The zero-order chi connectivity index (χ0) is 9.84. The zero-order valence-corrected chi connectivity index (χ0v) is 8.84. The summed E-state index contributed by atoms with van der Waals surface area (Å²) in [6.45, 7) is 8.15. The highest BCUT2D eigenvalue weighted by atomic mass is 16.2. The molecule has 0 bridgehead atoms. The molecular formula is C10H20N2O. The van der Waals surface area contributed by atoms with Crippen molar-refractivity contribution in [3.8, 4) is 0 Å². The Morgan fingerprint density at radius 3 is 2.23 bits per heavy atom. The molecular weight excluding hydrogens is 164 g/mol. The van der Waals surface area contributed by atoms with Crippen LogP contribution < -0.4 is 5.32 Å². The zero-order valence-electron chi connectivity index (χ0n) is 8.84. The molecule has 1 N–H and O–H groups in total. The highest BCUT2D eigenvalue weighted by Crippen LogP contribution is 2.08. The molecule has 1 heterocycles. The largest absolute Gasteiger partial charge is 0.335 e. The van der Waals surface area contributed by atoms with E-state index in [0.29, 0.717) is 5.92 Å². The van der Waals surface area contributed by atoms with Gasteiger partial charge in [-0.3, -0.25) is 0 Å². The van der Waals surface area contributed by atoms with E-state index in [9.17, 15) is 4.79 Å². The molecule has 1 aliphatic rings. The van der Waals surface area contributed by atoms with Gasteiger partial charge in [0.1, 0.15) is 0 Å². The summed E-state index contributed by atoms with van der Waals surface area (Å²) in [5, 5.41) is 3.01. The SMILES string of the molecule is CC(C)C(C)NC(=O)N1CCCC1. The fourth-order valence-corrected chi connectivity index (χ4v) is 1.37. The lowest BCUT2D eigenvalue weighted by Gasteiger charge is -2.22. The lowest BCUT2D eigenvalue weighted by molar-refractivity contribution is 0.202. The number of carbonyl (C=O) groups excluding carboxylic acids is 1. The van der Waals surface area contributed by atoms with E-state index in [2.05, 4.69) is 26.1 Å². The van der Waals surface area contributed by atoms with Gasteiger partial charge in [-0.2, -0.15) is 0 Å². The Morgan fingerprint density at radius 1 is 1.23 bits per heavy atom. The van der Waals surface area contributed by atoms with Crippen LogP contribution in [0.4, 0.5) is 4.79 Å². The predicted octanol–water partition coefficient (Wildman–Crippen LogP) is 1.84. The maximum Gasteiger partial charge on any atom is 0.317 e. The standard InChI is InChI=1S/C10H20N2O/c1-8(2)9(3)11-10(13)12-6-4-5-7-12/h8-9H,4-7H2,1-3H3,(H,11,13). The lowest BCUT2D eigenvalue weighted by Crippen LogP contribution is -2.44. The number of nitrogens with one attached hydrogen (secondary N) is 1. The van der Waals surface area contributed by atoms with Gasteiger partial charge in [0.15, 0.2) is 0 Å².